The lowest BCUT2D eigenvalue weighted by molar-refractivity contribution is -0.00882. The summed E-state index contributed by atoms with van der Waals surface area (Å²) in [6.07, 6.45) is 7.75. The lowest BCUT2D eigenvalue weighted by Crippen LogP contribution is -2.49. The number of hydrogen-bond donors (Lipinski definition) is 1. The summed E-state index contributed by atoms with van der Waals surface area (Å²) in [6.45, 7) is 8.21. The van der Waals surface area contributed by atoms with Crippen LogP contribution in [0.5, 0.6) is 0 Å². The third-order valence-electron chi connectivity index (χ3n) is 6.61. The zero-order chi connectivity index (χ0) is 21.8. The second-order valence-corrected chi connectivity index (χ2v) is 12.1. The van der Waals surface area contributed by atoms with Gasteiger partial charge in [0, 0.05) is 10.6 Å². The van der Waals surface area contributed by atoms with Gasteiger partial charge in [0.1, 0.15) is 7.14 Å². The number of hydrogen-bond acceptors (Lipinski definition) is 2. The smallest absolute Gasteiger partial charge is 0.149 e. The molecule has 1 N–H and O–H groups in total. The van der Waals surface area contributed by atoms with Gasteiger partial charge >= 0.3 is 0 Å². The fourth-order valence-electron chi connectivity index (χ4n) is 4.68. The van der Waals surface area contributed by atoms with Gasteiger partial charge in [0.2, 0.25) is 0 Å². The van der Waals surface area contributed by atoms with E-state index in [0.29, 0.717) is 6.42 Å². The number of benzene rings is 2. The maximum atomic E-state index is 15.1. The van der Waals surface area contributed by atoms with Gasteiger partial charge in [-0.3, -0.25) is 0 Å². The molecule has 2 aromatic rings. The minimum Gasteiger partial charge on any atom is -0.389 e. The predicted molar refractivity (Wildman–Crippen MR) is 129 cm³/mol. The Morgan fingerprint density at radius 1 is 1.10 bits per heavy atom. The molecule has 0 radical (unpaired) electrons. The molecule has 1 aliphatic rings. The van der Waals surface area contributed by atoms with E-state index < -0.39 is 12.7 Å². The minimum atomic E-state index is -3.11. The maximum absolute atomic E-state index is 15.1. The normalized spacial score (nSPS) is 20.0. The summed E-state index contributed by atoms with van der Waals surface area (Å²) in [7, 11) is -3.11. The lowest BCUT2D eigenvalue weighted by atomic mass is 9.76. The van der Waals surface area contributed by atoms with E-state index in [2.05, 4.69) is 32.9 Å². The summed E-state index contributed by atoms with van der Waals surface area (Å²) in [5.74, 6) is 0.0949. The molecular formula is C27H35O2P. The van der Waals surface area contributed by atoms with Crippen molar-refractivity contribution in [3.8, 4) is 0 Å². The van der Waals surface area contributed by atoms with Gasteiger partial charge < -0.3 is 9.67 Å². The van der Waals surface area contributed by atoms with E-state index >= 15 is 4.57 Å². The van der Waals surface area contributed by atoms with Crippen LogP contribution < -0.4 is 10.6 Å². The van der Waals surface area contributed by atoms with Crippen molar-refractivity contribution >= 4 is 17.8 Å². The number of aliphatic hydroxyl groups is 1. The van der Waals surface area contributed by atoms with E-state index in [4.69, 9.17) is 0 Å². The van der Waals surface area contributed by atoms with Crippen LogP contribution in [0.4, 0.5) is 0 Å². The van der Waals surface area contributed by atoms with Crippen LogP contribution >= 0.6 is 7.14 Å². The molecule has 0 fully saturated rings. The predicted octanol–water partition coefficient (Wildman–Crippen LogP) is 6.22. The van der Waals surface area contributed by atoms with Gasteiger partial charge in [-0.2, -0.15) is 0 Å². The van der Waals surface area contributed by atoms with Crippen LogP contribution in [0.15, 0.2) is 84.0 Å². The highest BCUT2D eigenvalue weighted by Gasteiger charge is 2.49. The van der Waals surface area contributed by atoms with Gasteiger partial charge in [-0.1, -0.05) is 84.0 Å². The number of rotatable bonds is 7. The molecule has 1 unspecified atom stereocenters. The highest BCUT2D eigenvalue weighted by atomic mass is 31.2. The summed E-state index contributed by atoms with van der Waals surface area (Å²) in [5, 5.41) is 13.7. The highest BCUT2D eigenvalue weighted by molar-refractivity contribution is 7.79. The first-order chi connectivity index (χ1) is 14.3. The molecule has 3 rings (SSSR count). The first-order valence-corrected chi connectivity index (χ1v) is 12.8. The Morgan fingerprint density at radius 2 is 1.63 bits per heavy atom. The first kappa shape index (κ1) is 22.8. The Hall–Kier alpha value is -1.89. The topological polar surface area (TPSA) is 37.3 Å². The lowest BCUT2D eigenvalue weighted by Gasteiger charge is -2.44. The van der Waals surface area contributed by atoms with E-state index in [1.807, 2.05) is 67.6 Å². The molecule has 0 aromatic heterocycles. The third-order valence-corrected chi connectivity index (χ3v) is 10.3. The third kappa shape index (κ3) is 4.71. The molecule has 0 spiro atoms. The van der Waals surface area contributed by atoms with Crippen LogP contribution in [0.3, 0.4) is 0 Å². The SMILES string of the molecule is CC(C)=CC[C@@H]([C@](C)(O)C1CC=C(C)CC1)P(=O)(c1ccccc1)c1ccccc1. The Balaban J connectivity index is 2.18. The van der Waals surface area contributed by atoms with Crippen molar-refractivity contribution < 1.29 is 9.67 Å². The van der Waals surface area contributed by atoms with Crippen LogP contribution in [0.2, 0.25) is 0 Å². The Bertz CT molecular complexity index is 894. The fraction of sp³-hybridized carbons (Fsp3) is 0.407. The average molecular weight is 423 g/mol. The summed E-state index contributed by atoms with van der Waals surface area (Å²) in [4.78, 5) is 0. The first-order valence-electron chi connectivity index (χ1n) is 11.0. The molecule has 3 heteroatoms. The van der Waals surface area contributed by atoms with Crippen molar-refractivity contribution in [1.82, 2.24) is 0 Å². The Labute approximate surface area is 182 Å². The molecule has 0 bridgehead atoms. The van der Waals surface area contributed by atoms with Gasteiger partial charge in [0.05, 0.1) is 11.3 Å². The quantitative estimate of drug-likeness (QED) is 0.425. The zero-order valence-electron chi connectivity index (χ0n) is 18.7. The van der Waals surface area contributed by atoms with E-state index in [-0.39, 0.29) is 11.6 Å². The summed E-state index contributed by atoms with van der Waals surface area (Å²) < 4.78 is 15.1. The van der Waals surface area contributed by atoms with Crippen molar-refractivity contribution in [2.24, 2.45) is 5.92 Å². The number of allylic oxidation sites excluding steroid dienone is 4. The molecule has 0 saturated heterocycles. The largest absolute Gasteiger partial charge is 0.389 e. The molecule has 30 heavy (non-hydrogen) atoms. The van der Waals surface area contributed by atoms with E-state index in [0.717, 1.165) is 29.9 Å². The van der Waals surface area contributed by atoms with Crippen molar-refractivity contribution in [1.29, 1.82) is 0 Å². The average Bonchev–Trinajstić information content (AvgIpc) is 2.75. The molecule has 0 saturated carbocycles. The molecule has 0 heterocycles. The molecule has 0 amide bonds. The molecule has 3 atom stereocenters. The van der Waals surface area contributed by atoms with E-state index in [9.17, 15) is 5.11 Å². The standard InChI is InChI=1S/C27H35O2P/c1-21(2)15-20-26(27(4,28)23-18-16-22(3)17-19-23)30(29,24-11-7-5-8-12-24)25-13-9-6-10-14-25/h5-16,23,26,28H,17-20H2,1-4H3/t23?,26-,27+/m0/s1. The van der Waals surface area contributed by atoms with Crippen LogP contribution in [0, 0.1) is 5.92 Å². The second-order valence-electron chi connectivity index (χ2n) is 9.11. The van der Waals surface area contributed by atoms with Gasteiger partial charge in [-0.05, 0) is 59.3 Å². The molecule has 160 valence electrons. The highest BCUT2D eigenvalue weighted by Crippen LogP contribution is 2.56. The molecule has 2 aromatic carbocycles. The Morgan fingerprint density at radius 3 is 2.07 bits per heavy atom. The van der Waals surface area contributed by atoms with Gasteiger partial charge in [0.25, 0.3) is 0 Å². The molecule has 0 aliphatic heterocycles. The molecule has 1 aliphatic carbocycles. The summed E-state index contributed by atoms with van der Waals surface area (Å²) >= 11 is 0. The van der Waals surface area contributed by atoms with Crippen LogP contribution in [-0.4, -0.2) is 16.4 Å². The van der Waals surface area contributed by atoms with Gasteiger partial charge in [-0.15, -0.1) is 0 Å². The van der Waals surface area contributed by atoms with Gasteiger partial charge in [-0.25, -0.2) is 0 Å². The van der Waals surface area contributed by atoms with Crippen LogP contribution in [0.25, 0.3) is 0 Å². The molecule has 2 nitrogen and oxygen atoms in total. The van der Waals surface area contributed by atoms with E-state index in [1.54, 1.807) is 0 Å². The monoisotopic (exact) mass is 422 g/mol. The zero-order valence-corrected chi connectivity index (χ0v) is 19.6. The van der Waals surface area contributed by atoms with Crippen LogP contribution in [-0.2, 0) is 4.57 Å². The van der Waals surface area contributed by atoms with Gasteiger partial charge in [0.15, 0.2) is 0 Å². The maximum Gasteiger partial charge on any atom is 0.149 e. The van der Waals surface area contributed by atoms with Crippen molar-refractivity contribution in [2.75, 3.05) is 0 Å². The van der Waals surface area contributed by atoms with E-state index in [1.165, 1.54) is 11.1 Å². The van der Waals surface area contributed by atoms with Crippen molar-refractivity contribution in [3.05, 3.63) is 84.0 Å². The minimum absolute atomic E-state index is 0.0949. The Kier molecular flexibility index (Phi) is 7.22. The van der Waals surface area contributed by atoms with Crippen molar-refractivity contribution in [3.63, 3.8) is 0 Å². The molecular weight excluding hydrogens is 387 g/mol. The van der Waals surface area contributed by atoms with Crippen LogP contribution in [0.1, 0.15) is 53.4 Å². The fourth-order valence-corrected chi connectivity index (χ4v) is 8.28. The summed E-state index contributed by atoms with van der Waals surface area (Å²) in [5.41, 5.74) is 1.13. The summed E-state index contributed by atoms with van der Waals surface area (Å²) in [6, 6.07) is 19.6. The van der Waals surface area contributed by atoms with Crippen molar-refractivity contribution in [2.45, 2.75) is 64.6 Å². The second kappa shape index (κ2) is 9.50.